The van der Waals surface area contributed by atoms with Gasteiger partial charge in [0.05, 0.1) is 18.1 Å². The molecule has 4 atom stereocenters. The first kappa shape index (κ1) is 26.7. The number of nitrogens with one attached hydrogen (secondary N) is 2. The number of rotatable bonds is 5. The van der Waals surface area contributed by atoms with Crippen molar-refractivity contribution in [3.63, 3.8) is 0 Å². The smallest absolute Gasteiger partial charge is 0.273 e. The van der Waals surface area contributed by atoms with Crippen LogP contribution < -0.4 is 5.32 Å². The number of carbonyl (C=O) groups excluding carboxylic acids is 3. The van der Waals surface area contributed by atoms with Gasteiger partial charge in [-0.25, -0.2) is 0 Å². The van der Waals surface area contributed by atoms with Gasteiger partial charge in [0, 0.05) is 29.2 Å². The van der Waals surface area contributed by atoms with E-state index in [1.165, 1.54) is 0 Å². The van der Waals surface area contributed by atoms with Crippen LogP contribution in [-0.2, 0) is 4.79 Å². The number of fused-ring (bicyclic) bond motifs is 3. The highest BCUT2D eigenvalue weighted by atomic mass is 16.2. The second-order valence-corrected chi connectivity index (χ2v) is 12.2. The molecule has 4 unspecified atom stereocenters. The van der Waals surface area contributed by atoms with Gasteiger partial charge in [-0.15, -0.1) is 0 Å². The molecule has 2 saturated heterocycles. The van der Waals surface area contributed by atoms with E-state index in [0.29, 0.717) is 24.4 Å². The number of aromatic nitrogens is 2. The lowest BCUT2D eigenvalue weighted by Gasteiger charge is -2.42. The molecule has 8 nitrogen and oxygen atoms in total. The highest BCUT2D eigenvalue weighted by Crippen LogP contribution is 2.38. The molecule has 2 N–H and O–H groups in total. The van der Waals surface area contributed by atoms with Crippen LogP contribution in [0.1, 0.15) is 55.1 Å². The Balaban J connectivity index is 1.16. The van der Waals surface area contributed by atoms with E-state index in [4.69, 9.17) is 0 Å². The lowest BCUT2D eigenvalue weighted by atomic mass is 9.85. The van der Waals surface area contributed by atoms with Gasteiger partial charge in [0.2, 0.25) is 5.91 Å². The Morgan fingerprint density at radius 2 is 1.71 bits per heavy atom. The summed E-state index contributed by atoms with van der Waals surface area (Å²) < 4.78 is 0. The van der Waals surface area contributed by atoms with E-state index in [1.54, 1.807) is 18.3 Å². The normalized spacial score (nSPS) is 20.8. The van der Waals surface area contributed by atoms with Crippen LogP contribution >= 0.6 is 0 Å². The number of pyridine rings is 1. The minimum atomic E-state index is -0.718. The number of benzene rings is 2. The summed E-state index contributed by atoms with van der Waals surface area (Å²) in [5, 5.41) is 3.95. The van der Waals surface area contributed by atoms with Gasteiger partial charge in [0.1, 0.15) is 17.4 Å². The summed E-state index contributed by atoms with van der Waals surface area (Å²) >= 11 is 0. The fraction of sp³-hybridized carbons (Fsp3) is 0.333. The molecule has 0 aliphatic carbocycles. The third-order valence-corrected chi connectivity index (χ3v) is 8.48. The summed E-state index contributed by atoms with van der Waals surface area (Å²) in [5.41, 5.74) is 3.19. The van der Waals surface area contributed by atoms with E-state index in [1.807, 2.05) is 98.2 Å². The number of carbonyl (C=O) groups is 3. The van der Waals surface area contributed by atoms with Gasteiger partial charge in [0.15, 0.2) is 0 Å². The van der Waals surface area contributed by atoms with Crippen molar-refractivity contribution in [3.05, 3.63) is 90.4 Å². The lowest BCUT2D eigenvalue weighted by Crippen LogP contribution is -2.61. The molecule has 2 fully saturated rings. The molecule has 0 radical (unpaired) electrons. The number of likely N-dealkylation sites (tertiary alicyclic amines) is 2. The molecular weight excluding hydrogens is 514 g/mol. The number of aromatic amines is 1. The minimum Gasteiger partial charge on any atom is -0.351 e. The van der Waals surface area contributed by atoms with Crippen molar-refractivity contribution in [2.75, 3.05) is 6.54 Å². The fourth-order valence-corrected chi connectivity index (χ4v) is 6.30. The molecule has 3 amide bonds. The van der Waals surface area contributed by atoms with Gasteiger partial charge in [-0.3, -0.25) is 19.4 Å². The molecule has 4 aromatic rings. The molecule has 2 aromatic heterocycles. The summed E-state index contributed by atoms with van der Waals surface area (Å²) in [4.78, 5) is 52.2. The molecule has 8 heteroatoms. The maximum Gasteiger partial charge on any atom is 0.273 e. The predicted molar refractivity (Wildman–Crippen MR) is 158 cm³/mol. The van der Waals surface area contributed by atoms with Crippen LogP contribution in [-0.4, -0.2) is 68.2 Å². The van der Waals surface area contributed by atoms with Gasteiger partial charge >= 0.3 is 0 Å². The third-order valence-electron chi connectivity index (χ3n) is 8.48. The first-order chi connectivity index (χ1) is 19.6. The van der Waals surface area contributed by atoms with Crippen molar-refractivity contribution in [1.82, 2.24) is 25.1 Å². The van der Waals surface area contributed by atoms with Crippen molar-refractivity contribution < 1.29 is 14.4 Å². The zero-order valence-electron chi connectivity index (χ0n) is 23.8. The molecule has 0 spiro atoms. The van der Waals surface area contributed by atoms with Crippen LogP contribution in [0.5, 0.6) is 0 Å². The van der Waals surface area contributed by atoms with Crippen LogP contribution in [0.3, 0.4) is 0 Å². The molecule has 2 aromatic carbocycles. The number of piperazine rings is 1. The SMILES string of the molecule is CC1C2CC(CN2C(=O)C(NC(=O)c2cc3ccccc3[nH]2)C(C)(C)C)N1C(=O)c1ccc(-c2ccccc2)cn1. The molecule has 2 aliphatic heterocycles. The van der Waals surface area contributed by atoms with Crippen molar-refractivity contribution in [2.24, 2.45) is 5.41 Å². The van der Waals surface area contributed by atoms with Crippen molar-refractivity contribution in [3.8, 4) is 11.1 Å². The molecule has 41 heavy (non-hydrogen) atoms. The van der Waals surface area contributed by atoms with Crippen LogP contribution in [0.15, 0.2) is 79.0 Å². The van der Waals surface area contributed by atoms with Crippen LogP contribution in [0.4, 0.5) is 0 Å². The molecule has 4 heterocycles. The van der Waals surface area contributed by atoms with Gasteiger partial charge in [0.25, 0.3) is 11.8 Å². The average molecular weight is 550 g/mol. The highest BCUT2D eigenvalue weighted by molar-refractivity contribution is 6.00. The summed E-state index contributed by atoms with van der Waals surface area (Å²) in [5.74, 6) is -0.538. The zero-order chi connectivity index (χ0) is 28.9. The van der Waals surface area contributed by atoms with Crippen LogP contribution in [0.2, 0.25) is 0 Å². The van der Waals surface area contributed by atoms with Gasteiger partial charge in [-0.2, -0.15) is 0 Å². The monoisotopic (exact) mass is 549 g/mol. The number of H-pyrrole nitrogens is 1. The maximum absolute atomic E-state index is 14.0. The topological polar surface area (TPSA) is 98.4 Å². The molecule has 6 rings (SSSR count). The van der Waals surface area contributed by atoms with Gasteiger partial charge < -0.3 is 20.1 Å². The fourth-order valence-electron chi connectivity index (χ4n) is 6.30. The van der Waals surface area contributed by atoms with Gasteiger partial charge in [-0.05, 0) is 42.5 Å². The third kappa shape index (κ3) is 4.88. The summed E-state index contributed by atoms with van der Waals surface area (Å²) in [6.07, 6.45) is 2.45. The molecule has 0 saturated carbocycles. The first-order valence-electron chi connectivity index (χ1n) is 14.1. The minimum absolute atomic E-state index is 0.0907. The number of amides is 3. The predicted octanol–water partition coefficient (Wildman–Crippen LogP) is 4.89. The van der Waals surface area contributed by atoms with Crippen molar-refractivity contribution in [1.29, 1.82) is 0 Å². The van der Waals surface area contributed by atoms with Gasteiger partial charge in [-0.1, -0.05) is 75.4 Å². The Bertz CT molecular complexity index is 1570. The molecular formula is C33H35N5O3. The second kappa shape index (κ2) is 10.2. The number of nitrogens with zero attached hydrogens (tertiary/aromatic N) is 3. The van der Waals surface area contributed by atoms with E-state index in [9.17, 15) is 14.4 Å². The van der Waals surface area contributed by atoms with Crippen molar-refractivity contribution >= 4 is 28.6 Å². The van der Waals surface area contributed by atoms with E-state index >= 15 is 0 Å². The Morgan fingerprint density at radius 1 is 0.976 bits per heavy atom. The Hall–Kier alpha value is -4.46. The Morgan fingerprint density at radius 3 is 2.37 bits per heavy atom. The molecule has 2 aliphatic rings. The van der Waals surface area contributed by atoms with E-state index in [-0.39, 0.29) is 35.8 Å². The Labute approximate surface area is 239 Å². The summed E-state index contributed by atoms with van der Waals surface area (Å²) in [6.45, 7) is 8.31. The van der Waals surface area contributed by atoms with Crippen molar-refractivity contribution in [2.45, 2.75) is 58.3 Å². The summed E-state index contributed by atoms with van der Waals surface area (Å²) in [7, 11) is 0. The Kier molecular flexibility index (Phi) is 6.64. The van der Waals surface area contributed by atoms with Crippen LogP contribution in [0, 0.1) is 5.41 Å². The lowest BCUT2D eigenvalue weighted by molar-refractivity contribution is -0.139. The first-order valence-corrected chi connectivity index (χ1v) is 14.1. The molecule has 210 valence electrons. The quantitative estimate of drug-likeness (QED) is 0.370. The molecule has 2 bridgehead atoms. The standard InChI is InChI=1S/C33H35N5O3/c1-20-28-17-24(38(20)31(40)26-15-14-23(18-34-26)21-10-6-5-7-11-21)19-37(28)32(41)29(33(2,3)4)36-30(39)27-16-22-12-8-9-13-25(22)35-27/h5-16,18,20,24,28-29,35H,17,19H2,1-4H3,(H,36,39). The maximum atomic E-state index is 14.0. The van der Waals surface area contributed by atoms with Crippen LogP contribution in [0.25, 0.3) is 22.0 Å². The van der Waals surface area contributed by atoms with E-state index in [2.05, 4.69) is 15.3 Å². The number of hydrogen-bond donors (Lipinski definition) is 2. The second-order valence-electron chi connectivity index (χ2n) is 12.2. The highest BCUT2D eigenvalue weighted by Gasteiger charge is 2.53. The van der Waals surface area contributed by atoms with E-state index in [0.717, 1.165) is 22.0 Å². The van der Waals surface area contributed by atoms with E-state index < -0.39 is 11.5 Å². The average Bonchev–Trinajstić information content (AvgIpc) is 3.68. The number of para-hydroxylation sites is 1. The summed E-state index contributed by atoms with van der Waals surface area (Å²) in [6, 6.07) is 22.1. The number of hydrogen-bond acceptors (Lipinski definition) is 4. The zero-order valence-corrected chi connectivity index (χ0v) is 23.8. The largest absolute Gasteiger partial charge is 0.351 e.